The van der Waals surface area contributed by atoms with Crippen LogP contribution in [0.25, 0.3) is 0 Å². The van der Waals surface area contributed by atoms with Crippen molar-refractivity contribution in [3.8, 4) is 0 Å². The number of aliphatic hydroxyl groups excluding tert-OH is 2. The molecule has 0 spiro atoms. The van der Waals surface area contributed by atoms with Crippen molar-refractivity contribution in [2.45, 2.75) is 0 Å². The Kier molecular flexibility index (Phi) is 5.40. The molecule has 86 valence electrons. The number of carbonyl (C=O) groups is 2. The Balaban J connectivity index is 4.48. The highest BCUT2D eigenvalue weighted by Crippen LogP contribution is 1.96. The molecule has 0 atom stereocenters. The molecule has 2 amide bonds. The van der Waals surface area contributed by atoms with Gasteiger partial charge in [-0.05, 0) is 0 Å². The molecule has 0 saturated carbocycles. The molecular formula is C9H16N2O4. The lowest BCUT2D eigenvalue weighted by molar-refractivity contribution is -0.129. The van der Waals surface area contributed by atoms with Gasteiger partial charge in [-0.1, -0.05) is 0 Å². The van der Waals surface area contributed by atoms with Gasteiger partial charge in [0.15, 0.2) is 5.76 Å². The topological polar surface area (TPSA) is 81.1 Å². The van der Waals surface area contributed by atoms with E-state index in [1.54, 1.807) is 0 Å². The van der Waals surface area contributed by atoms with Crippen molar-refractivity contribution in [1.29, 1.82) is 0 Å². The molecule has 6 nitrogen and oxygen atoms in total. The van der Waals surface area contributed by atoms with E-state index in [-0.39, 0.29) is 13.2 Å². The lowest BCUT2D eigenvalue weighted by Crippen LogP contribution is -2.30. The summed E-state index contributed by atoms with van der Waals surface area (Å²) in [6, 6.07) is 0. The number of carbonyl (C=O) groups excluding carboxylic acids is 2. The highest BCUT2D eigenvalue weighted by atomic mass is 16.3. The van der Waals surface area contributed by atoms with Gasteiger partial charge in [0, 0.05) is 27.7 Å². The predicted molar refractivity (Wildman–Crippen MR) is 54.1 cm³/mol. The molecule has 0 aliphatic carbocycles. The molecule has 0 aliphatic rings. The van der Waals surface area contributed by atoms with Crippen LogP contribution in [0.4, 0.5) is 0 Å². The summed E-state index contributed by atoms with van der Waals surface area (Å²) >= 11 is 0. The highest BCUT2D eigenvalue weighted by molar-refractivity contribution is 5.98. The number of rotatable bonds is 4. The lowest BCUT2D eigenvalue weighted by Gasteiger charge is -2.14. The summed E-state index contributed by atoms with van der Waals surface area (Å²) in [6.45, 7) is -0.0166. The zero-order valence-electron chi connectivity index (χ0n) is 9.10. The smallest absolute Gasteiger partial charge is 0.288 e. The predicted octanol–water partition coefficient (Wildman–Crippen LogP) is -1.03. The van der Waals surface area contributed by atoms with Crippen LogP contribution in [0.2, 0.25) is 0 Å². The van der Waals surface area contributed by atoms with Crippen molar-refractivity contribution >= 4 is 11.8 Å². The summed E-state index contributed by atoms with van der Waals surface area (Å²) in [5.74, 6) is -1.78. The lowest BCUT2D eigenvalue weighted by atomic mass is 10.3. The molecule has 6 heteroatoms. The number of hydrogen-bond donors (Lipinski definition) is 2. The SMILES string of the molecule is CN(C)C(=O)C(O)=CC(=O)N(C)CCO. The molecule has 0 bridgehead atoms. The molecule has 0 aromatic heterocycles. The second kappa shape index (κ2) is 6.02. The van der Waals surface area contributed by atoms with E-state index in [4.69, 9.17) is 5.11 Å². The number of amides is 2. The van der Waals surface area contributed by atoms with Crippen molar-refractivity contribution in [3.63, 3.8) is 0 Å². The monoisotopic (exact) mass is 216 g/mol. The third kappa shape index (κ3) is 4.46. The zero-order valence-corrected chi connectivity index (χ0v) is 9.10. The molecule has 0 fully saturated rings. The average molecular weight is 216 g/mol. The molecule has 0 saturated heterocycles. The Morgan fingerprint density at radius 3 is 2.20 bits per heavy atom. The van der Waals surface area contributed by atoms with E-state index in [0.29, 0.717) is 0 Å². The summed E-state index contributed by atoms with van der Waals surface area (Å²) in [5.41, 5.74) is 0. The van der Waals surface area contributed by atoms with Gasteiger partial charge in [-0.3, -0.25) is 9.59 Å². The first kappa shape index (κ1) is 13.4. The molecule has 0 unspecified atom stereocenters. The van der Waals surface area contributed by atoms with Gasteiger partial charge in [-0.15, -0.1) is 0 Å². The Bertz CT molecular complexity index is 273. The van der Waals surface area contributed by atoms with Gasteiger partial charge < -0.3 is 20.0 Å². The van der Waals surface area contributed by atoms with Crippen LogP contribution in [-0.4, -0.2) is 66.1 Å². The molecule has 2 N–H and O–H groups in total. The molecular weight excluding hydrogens is 200 g/mol. The fraction of sp³-hybridized carbons (Fsp3) is 0.556. The Morgan fingerprint density at radius 1 is 1.27 bits per heavy atom. The van der Waals surface area contributed by atoms with Gasteiger partial charge in [0.25, 0.3) is 5.91 Å². The Labute approximate surface area is 88.4 Å². The number of nitrogens with zero attached hydrogens (tertiary/aromatic N) is 2. The van der Waals surface area contributed by atoms with Crippen LogP contribution in [0, 0.1) is 0 Å². The van der Waals surface area contributed by atoms with Crippen LogP contribution < -0.4 is 0 Å². The first-order valence-electron chi connectivity index (χ1n) is 4.38. The minimum absolute atomic E-state index is 0.152. The first-order chi connectivity index (χ1) is 6.90. The summed E-state index contributed by atoms with van der Waals surface area (Å²) < 4.78 is 0. The van der Waals surface area contributed by atoms with E-state index in [1.807, 2.05) is 0 Å². The van der Waals surface area contributed by atoms with Crippen molar-refractivity contribution < 1.29 is 19.8 Å². The van der Waals surface area contributed by atoms with E-state index in [2.05, 4.69) is 0 Å². The summed E-state index contributed by atoms with van der Waals surface area (Å²) in [4.78, 5) is 24.8. The van der Waals surface area contributed by atoms with Gasteiger partial charge in [0.2, 0.25) is 5.91 Å². The van der Waals surface area contributed by atoms with Gasteiger partial charge in [-0.25, -0.2) is 0 Å². The second-order valence-electron chi connectivity index (χ2n) is 3.21. The summed E-state index contributed by atoms with van der Waals surface area (Å²) in [6.07, 6.45) is 0.831. The maximum atomic E-state index is 11.3. The zero-order chi connectivity index (χ0) is 12.0. The third-order valence-electron chi connectivity index (χ3n) is 1.70. The molecule has 0 heterocycles. The molecule has 0 aromatic rings. The quantitative estimate of drug-likeness (QED) is 0.465. The van der Waals surface area contributed by atoms with Crippen molar-refractivity contribution in [1.82, 2.24) is 9.80 Å². The van der Waals surface area contributed by atoms with Crippen molar-refractivity contribution in [3.05, 3.63) is 11.8 Å². The maximum Gasteiger partial charge on any atom is 0.288 e. The van der Waals surface area contributed by atoms with Crippen LogP contribution in [-0.2, 0) is 9.59 Å². The van der Waals surface area contributed by atoms with E-state index >= 15 is 0 Å². The molecule has 0 aliphatic heterocycles. The van der Waals surface area contributed by atoms with E-state index in [9.17, 15) is 14.7 Å². The normalized spacial score (nSPS) is 11.1. The highest BCUT2D eigenvalue weighted by Gasteiger charge is 2.13. The second-order valence-corrected chi connectivity index (χ2v) is 3.21. The fourth-order valence-electron chi connectivity index (χ4n) is 0.778. The third-order valence-corrected chi connectivity index (χ3v) is 1.70. The number of hydrogen-bond acceptors (Lipinski definition) is 4. The minimum Gasteiger partial charge on any atom is -0.503 e. The molecule has 0 aromatic carbocycles. The van der Waals surface area contributed by atoms with Gasteiger partial charge in [-0.2, -0.15) is 0 Å². The minimum atomic E-state index is -0.638. The van der Waals surface area contributed by atoms with Crippen LogP contribution in [0.5, 0.6) is 0 Å². The Hall–Kier alpha value is -1.56. The molecule has 0 rings (SSSR count). The van der Waals surface area contributed by atoms with Gasteiger partial charge in [0.1, 0.15) is 0 Å². The number of aliphatic hydroxyl groups is 2. The van der Waals surface area contributed by atoms with Crippen LogP contribution in [0.3, 0.4) is 0 Å². The summed E-state index contributed by atoms with van der Waals surface area (Å²) in [5, 5.41) is 17.8. The van der Waals surface area contributed by atoms with E-state index in [0.717, 1.165) is 11.0 Å². The van der Waals surface area contributed by atoms with E-state index < -0.39 is 17.6 Å². The standard InChI is InChI=1S/C9H16N2O4/c1-10(2)9(15)7(13)6-8(14)11(3)4-5-12/h6,12-13H,4-5H2,1-3H3. The van der Waals surface area contributed by atoms with Crippen LogP contribution >= 0.6 is 0 Å². The average Bonchev–Trinajstić information content (AvgIpc) is 2.16. The fourth-order valence-corrected chi connectivity index (χ4v) is 0.778. The van der Waals surface area contributed by atoms with Crippen LogP contribution in [0.1, 0.15) is 0 Å². The largest absolute Gasteiger partial charge is 0.503 e. The maximum absolute atomic E-state index is 11.3. The van der Waals surface area contributed by atoms with Crippen molar-refractivity contribution in [2.24, 2.45) is 0 Å². The van der Waals surface area contributed by atoms with Crippen molar-refractivity contribution in [2.75, 3.05) is 34.3 Å². The first-order valence-corrected chi connectivity index (χ1v) is 4.38. The Morgan fingerprint density at radius 2 is 1.80 bits per heavy atom. The number of likely N-dealkylation sites (N-methyl/N-ethyl adjacent to an activating group) is 2. The summed E-state index contributed by atoms with van der Waals surface area (Å²) in [7, 11) is 4.39. The van der Waals surface area contributed by atoms with Gasteiger partial charge >= 0.3 is 0 Å². The van der Waals surface area contributed by atoms with E-state index in [1.165, 1.54) is 26.0 Å². The molecule has 0 radical (unpaired) electrons. The molecule has 15 heavy (non-hydrogen) atoms. The van der Waals surface area contributed by atoms with Crippen LogP contribution in [0.15, 0.2) is 11.8 Å². The van der Waals surface area contributed by atoms with Gasteiger partial charge in [0.05, 0.1) is 12.7 Å².